The third-order valence-electron chi connectivity index (χ3n) is 5.67. The van der Waals surface area contributed by atoms with Crippen molar-refractivity contribution in [2.75, 3.05) is 31.1 Å². The molecule has 1 spiro atoms. The topological polar surface area (TPSA) is 120 Å². The number of rotatable bonds is 3. The summed E-state index contributed by atoms with van der Waals surface area (Å²) in [6.07, 6.45) is -2.69. The van der Waals surface area contributed by atoms with E-state index in [1.807, 2.05) is 25.4 Å². The Balaban J connectivity index is 0.000000286. The number of aromatic nitrogens is 2. The van der Waals surface area contributed by atoms with E-state index in [4.69, 9.17) is 24.2 Å². The number of piperidine rings is 1. The minimum atomic E-state index is -5.08. The van der Waals surface area contributed by atoms with Gasteiger partial charge in [0.25, 0.3) is 0 Å². The van der Waals surface area contributed by atoms with Gasteiger partial charge in [0, 0.05) is 37.4 Å². The molecule has 2 aromatic rings. The van der Waals surface area contributed by atoms with E-state index in [9.17, 15) is 26.3 Å². The molecule has 0 radical (unpaired) electrons. The molecule has 37 heavy (non-hydrogen) atoms. The summed E-state index contributed by atoms with van der Waals surface area (Å²) in [5.41, 5.74) is 0.388. The van der Waals surface area contributed by atoms with Crippen molar-refractivity contribution in [2.24, 2.45) is 5.41 Å². The Kier molecular flexibility index (Phi) is 9.89. The van der Waals surface area contributed by atoms with E-state index in [2.05, 4.69) is 31.9 Å². The number of likely N-dealkylation sites (tertiary alicyclic amines) is 1. The van der Waals surface area contributed by atoms with E-state index in [1.54, 1.807) is 0 Å². The number of furan rings is 1. The number of aliphatic carboxylic acids is 2. The summed E-state index contributed by atoms with van der Waals surface area (Å²) in [6, 6.07) is 6.04. The van der Waals surface area contributed by atoms with Gasteiger partial charge >= 0.3 is 24.3 Å². The molecule has 15 heteroatoms. The number of hydrogen-bond donors (Lipinski definition) is 2. The monoisotopic (exact) mass is 540 g/mol. The highest BCUT2D eigenvalue weighted by Gasteiger charge is 2.42. The molecule has 4 heterocycles. The first-order chi connectivity index (χ1) is 17.1. The van der Waals surface area contributed by atoms with E-state index in [0.29, 0.717) is 5.41 Å². The third-order valence-corrected chi connectivity index (χ3v) is 5.67. The molecule has 2 aliphatic heterocycles. The van der Waals surface area contributed by atoms with Crippen molar-refractivity contribution in [3.63, 3.8) is 0 Å². The zero-order valence-corrected chi connectivity index (χ0v) is 19.7. The van der Waals surface area contributed by atoms with Crippen LogP contribution in [-0.2, 0) is 16.1 Å². The maximum Gasteiger partial charge on any atom is 0.490 e. The maximum atomic E-state index is 10.6. The lowest BCUT2D eigenvalue weighted by Crippen LogP contribution is -2.45. The van der Waals surface area contributed by atoms with Gasteiger partial charge in [0.05, 0.1) is 6.54 Å². The number of halogens is 6. The van der Waals surface area contributed by atoms with Gasteiger partial charge in [0.2, 0.25) is 5.95 Å². The molecular weight excluding hydrogens is 514 g/mol. The average Bonchev–Trinajstić information content (AvgIpc) is 3.39. The standard InChI is InChI=1S/C18H24N4O.2C2HF3O2/c1-15-4-5-16(23-15)12-21-11-7-18(13-21)6-2-10-22(14-18)17-19-8-3-9-20-17;2*3-2(4,5)1(6)7/h3-5,8-9H,2,6-7,10-14H2,1H3;2*(H,6,7). The lowest BCUT2D eigenvalue weighted by Gasteiger charge is -2.40. The summed E-state index contributed by atoms with van der Waals surface area (Å²) in [4.78, 5) is 31.6. The van der Waals surface area contributed by atoms with Crippen LogP contribution in [0.5, 0.6) is 0 Å². The lowest BCUT2D eigenvalue weighted by molar-refractivity contribution is -0.193. The van der Waals surface area contributed by atoms with Crippen molar-refractivity contribution in [3.8, 4) is 0 Å². The van der Waals surface area contributed by atoms with Gasteiger partial charge in [-0.2, -0.15) is 26.3 Å². The number of carboxylic acids is 2. The van der Waals surface area contributed by atoms with Gasteiger partial charge in [-0.15, -0.1) is 0 Å². The van der Waals surface area contributed by atoms with Crippen molar-refractivity contribution in [1.29, 1.82) is 0 Å². The van der Waals surface area contributed by atoms with Crippen molar-refractivity contribution >= 4 is 17.9 Å². The first-order valence-electron chi connectivity index (χ1n) is 11.0. The molecule has 1 atom stereocenters. The molecule has 2 N–H and O–H groups in total. The number of nitrogens with zero attached hydrogens (tertiary/aromatic N) is 4. The second-order valence-electron chi connectivity index (χ2n) is 8.65. The second-order valence-corrected chi connectivity index (χ2v) is 8.65. The van der Waals surface area contributed by atoms with Gasteiger partial charge in [-0.05, 0) is 50.9 Å². The van der Waals surface area contributed by atoms with Gasteiger partial charge in [0.15, 0.2) is 0 Å². The number of alkyl halides is 6. The predicted octanol–water partition coefficient (Wildman–Crippen LogP) is 4.14. The fraction of sp³-hybridized carbons (Fsp3) is 0.545. The first kappa shape index (κ1) is 29.9. The van der Waals surface area contributed by atoms with Crippen LogP contribution in [-0.4, -0.2) is 75.6 Å². The van der Waals surface area contributed by atoms with Crippen LogP contribution in [0.25, 0.3) is 0 Å². The minimum Gasteiger partial charge on any atom is -0.475 e. The number of carbonyl (C=O) groups is 2. The molecular formula is C22H26F6N4O5. The quantitative estimate of drug-likeness (QED) is 0.554. The Labute approximate surface area is 207 Å². The van der Waals surface area contributed by atoms with Gasteiger partial charge in [-0.25, -0.2) is 19.6 Å². The molecule has 0 bridgehead atoms. The van der Waals surface area contributed by atoms with E-state index in [-0.39, 0.29) is 0 Å². The molecule has 2 saturated heterocycles. The summed E-state index contributed by atoms with van der Waals surface area (Å²) >= 11 is 0. The zero-order chi connectivity index (χ0) is 27.9. The number of aryl methyl sites for hydroxylation is 1. The summed E-state index contributed by atoms with van der Waals surface area (Å²) in [7, 11) is 0. The van der Waals surface area contributed by atoms with Crippen LogP contribution in [0, 0.1) is 12.3 Å². The summed E-state index contributed by atoms with van der Waals surface area (Å²) < 4.78 is 69.2. The Hall–Kier alpha value is -3.36. The number of hydrogen-bond acceptors (Lipinski definition) is 7. The zero-order valence-electron chi connectivity index (χ0n) is 19.7. The fourth-order valence-corrected chi connectivity index (χ4v) is 4.12. The second kappa shape index (κ2) is 12.3. The molecule has 0 saturated carbocycles. The molecule has 9 nitrogen and oxygen atoms in total. The molecule has 4 rings (SSSR count). The van der Waals surface area contributed by atoms with Crippen molar-refractivity contribution < 1.29 is 50.6 Å². The van der Waals surface area contributed by atoms with Crippen molar-refractivity contribution in [3.05, 3.63) is 42.1 Å². The Bertz CT molecular complexity index is 1010. The van der Waals surface area contributed by atoms with Crippen molar-refractivity contribution in [2.45, 2.75) is 45.1 Å². The van der Waals surface area contributed by atoms with Crippen LogP contribution >= 0.6 is 0 Å². The summed E-state index contributed by atoms with van der Waals surface area (Å²) in [5, 5.41) is 14.2. The van der Waals surface area contributed by atoms with Gasteiger partial charge in [-0.3, -0.25) is 4.90 Å². The molecule has 0 amide bonds. The van der Waals surface area contributed by atoms with Crippen LogP contribution in [0.4, 0.5) is 32.3 Å². The first-order valence-corrected chi connectivity index (χ1v) is 11.0. The van der Waals surface area contributed by atoms with Crippen LogP contribution in [0.3, 0.4) is 0 Å². The molecule has 0 aliphatic carbocycles. The Morgan fingerprint density at radius 1 is 0.973 bits per heavy atom. The normalized spacial score (nSPS) is 20.0. The van der Waals surface area contributed by atoms with Gasteiger partial charge < -0.3 is 19.5 Å². The summed E-state index contributed by atoms with van der Waals surface area (Å²) in [5.74, 6) is -2.55. The van der Waals surface area contributed by atoms with Crippen LogP contribution in [0.2, 0.25) is 0 Å². The van der Waals surface area contributed by atoms with Crippen LogP contribution < -0.4 is 4.90 Å². The molecule has 2 aliphatic rings. The lowest BCUT2D eigenvalue weighted by atomic mass is 9.79. The third kappa shape index (κ3) is 9.55. The highest BCUT2D eigenvalue weighted by Crippen LogP contribution is 2.40. The fourth-order valence-electron chi connectivity index (χ4n) is 4.12. The van der Waals surface area contributed by atoms with Gasteiger partial charge in [-0.1, -0.05) is 0 Å². The predicted molar refractivity (Wildman–Crippen MR) is 117 cm³/mol. The average molecular weight is 540 g/mol. The minimum absolute atomic E-state index is 0.388. The van der Waals surface area contributed by atoms with Crippen LogP contribution in [0.15, 0.2) is 35.0 Å². The Morgan fingerprint density at radius 3 is 2.03 bits per heavy atom. The van der Waals surface area contributed by atoms with E-state index >= 15 is 0 Å². The summed E-state index contributed by atoms with van der Waals surface area (Å²) in [6.45, 7) is 7.39. The van der Waals surface area contributed by atoms with Crippen LogP contribution in [0.1, 0.15) is 30.8 Å². The molecule has 1 unspecified atom stereocenters. The highest BCUT2D eigenvalue weighted by atomic mass is 19.4. The SMILES string of the molecule is Cc1ccc(CN2CCC3(CCCN(c4ncccn4)C3)C2)o1.O=C(O)C(F)(F)F.O=C(O)C(F)(F)F. The molecule has 2 fully saturated rings. The largest absolute Gasteiger partial charge is 0.490 e. The van der Waals surface area contributed by atoms with E-state index < -0.39 is 24.3 Å². The molecule has 206 valence electrons. The highest BCUT2D eigenvalue weighted by molar-refractivity contribution is 5.73. The number of carboxylic acid groups (broad SMARTS) is 2. The maximum absolute atomic E-state index is 10.6. The van der Waals surface area contributed by atoms with Crippen molar-refractivity contribution in [1.82, 2.24) is 14.9 Å². The van der Waals surface area contributed by atoms with Gasteiger partial charge in [0.1, 0.15) is 11.5 Å². The molecule has 2 aromatic heterocycles. The molecule has 0 aromatic carbocycles. The van der Waals surface area contributed by atoms with E-state index in [1.165, 1.54) is 19.3 Å². The smallest absolute Gasteiger partial charge is 0.475 e. The van der Waals surface area contributed by atoms with E-state index in [0.717, 1.165) is 50.2 Å². The number of anilines is 1. The Morgan fingerprint density at radius 2 is 1.54 bits per heavy atom.